The number of carbonyl (C=O) groups excluding carboxylic acids is 1. The summed E-state index contributed by atoms with van der Waals surface area (Å²) >= 11 is 0. The molecular weight excluding hydrogens is 596 g/mol. The molecule has 3 aromatic carbocycles. The average molecular weight is 638 g/mol. The van der Waals surface area contributed by atoms with Gasteiger partial charge in [0.15, 0.2) is 0 Å². The van der Waals surface area contributed by atoms with Gasteiger partial charge in [-0.2, -0.15) is 4.31 Å². The Hall–Kier alpha value is -3.18. The highest BCUT2D eigenvalue weighted by atomic mass is 32.2. The Kier molecular flexibility index (Phi) is 9.65. The largest absolute Gasteiger partial charge is 0.381 e. The van der Waals surface area contributed by atoms with E-state index in [-0.39, 0.29) is 52.8 Å². The van der Waals surface area contributed by atoms with Crippen LogP contribution in [-0.2, 0) is 26.0 Å². The number of nitrogens with zero attached hydrogens (tertiary/aromatic N) is 1. The summed E-state index contributed by atoms with van der Waals surface area (Å²) in [7, 11) is -3.77. The van der Waals surface area contributed by atoms with Gasteiger partial charge in [-0.15, -0.1) is 0 Å². The number of rotatable bonds is 10. The molecule has 2 heterocycles. The summed E-state index contributed by atoms with van der Waals surface area (Å²) in [6.45, 7) is 2.89. The Labute approximate surface area is 264 Å². The third kappa shape index (κ3) is 7.46. The lowest BCUT2D eigenvalue weighted by molar-refractivity contribution is -0.117. The number of amides is 1. The van der Waals surface area contributed by atoms with Crippen molar-refractivity contribution < 1.29 is 26.7 Å². The van der Waals surface area contributed by atoms with Gasteiger partial charge in [-0.3, -0.25) is 4.79 Å². The van der Waals surface area contributed by atoms with Crippen LogP contribution in [0.25, 0.3) is 0 Å². The van der Waals surface area contributed by atoms with E-state index < -0.39 is 15.8 Å². The fraction of sp³-hybridized carbons (Fsp3) is 0.457. The van der Waals surface area contributed by atoms with Gasteiger partial charge in [-0.1, -0.05) is 36.4 Å². The number of nitrogens with one attached hydrogen (secondary N) is 2. The summed E-state index contributed by atoms with van der Waals surface area (Å²) in [6, 6.07) is 19.0. The molecule has 2 aliphatic heterocycles. The third-order valence-electron chi connectivity index (χ3n) is 9.74. The summed E-state index contributed by atoms with van der Waals surface area (Å²) < 4.78 is 64.0. The van der Waals surface area contributed by atoms with Crippen molar-refractivity contribution in [2.75, 3.05) is 38.2 Å². The van der Waals surface area contributed by atoms with Gasteiger partial charge in [-0.05, 0) is 97.7 Å². The first-order chi connectivity index (χ1) is 21.7. The first-order valence-corrected chi connectivity index (χ1v) is 17.4. The van der Waals surface area contributed by atoms with Crippen LogP contribution in [0, 0.1) is 23.0 Å². The second-order valence-corrected chi connectivity index (χ2v) is 14.7. The van der Waals surface area contributed by atoms with Gasteiger partial charge in [0.25, 0.3) is 0 Å². The molecular formula is C35H41F2N3O4S. The quantitative estimate of drug-likeness (QED) is 0.290. The van der Waals surface area contributed by atoms with Crippen molar-refractivity contribution in [3.05, 3.63) is 95.6 Å². The Morgan fingerprint density at radius 3 is 2.44 bits per heavy atom. The Bertz CT molecular complexity index is 1580. The van der Waals surface area contributed by atoms with Crippen LogP contribution < -0.4 is 10.6 Å². The van der Waals surface area contributed by atoms with Crippen LogP contribution >= 0.6 is 0 Å². The zero-order chi connectivity index (χ0) is 31.4. The molecule has 1 aliphatic carbocycles. The van der Waals surface area contributed by atoms with Crippen LogP contribution in [0.5, 0.6) is 0 Å². The van der Waals surface area contributed by atoms with Crippen LogP contribution in [0.3, 0.4) is 0 Å². The van der Waals surface area contributed by atoms with E-state index in [1.54, 1.807) is 58.9 Å². The highest BCUT2D eigenvalue weighted by Crippen LogP contribution is 2.48. The van der Waals surface area contributed by atoms with E-state index in [1.807, 2.05) is 0 Å². The molecule has 45 heavy (non-hydrogen) atoms. The number of halogens is 2. The fourth-order valence-electron chi connectivity index (χ4n) is 6.91. The van der Waals surface area contributed by atoms with Gasteiger partial charge in [0.05, 0.1) is 4.90 Å². The lowest BCUT2D eigenvalue weighted by atomic mass is 9.79. The molecule has 2 saturated heterocycles. The number of sulfonamides is 1. The SMILES string of the molecule is O=C(CC(c1ccc(F)cc1)C1CCOCC1)Nc1cccc(F)c1CCC1CNCC2(CC2)CN1S(=O)(=O)c1ccccc1. The van der Waals surface area contributed by atoms with Gasteiger partial charge < -0.3 is 15.4 Å². The molecule has 6 rings (SSSR count). The molecule has 3 aromatic rings. The number of anilines is 1. The van der Waals surface area contributed by atoms with E-state index in [4.69, 9.17) is 4.74 Å². The number of benzene rings is 3. The molecule has 1 amide bonds. The van der Waals surface area contributed by atoms with Crippen LogP contribution in [0.1, 0.15) is 55.6 Å². The molecule has 0 bridgehead atoms. The number of ether oxygens (including phenoxy) is 1. The molecule has 2 atom stereocenters. The number of hydrogen-bond acceptors (Lipinski definition) is 5. The summed E-state index contributed by atoms with van der Waals surface area (Å²) in [5.74, 6) is -0.940. The zero-order valence-corrected chi connectivity index (χ0v) is 26.2. The van der Waals surface area contributed by atoms with Gasteiger partial charge in [0.2, 0.25) is 15.9 Å². The Morgan fingerprint density at radius 1 is 1.00 bits per heavy atom. The number of hydrogen-bond donors (Lipinski definition) is 2. The van der Waals surface area contributed by atoms with Crippen molar-refractivity contribution in [2.45, 2.75) is 61.8 Å². The molecule has 0 aromatic heterocycles. The molecule has 10 heteroatoms. The highest BCUT2D eigenvalue weighted by Gasteiger charge is 2.49. The molecule has 7 nitrogen and oxygen atoms in total. The summed E-state index contributed by atoms with van der Waals surface area (Å²) in [5, 5.41) is 6.43. The predicted octanol–water partition coefficient (Wildman–Crippen LogP) is 5.88. The fourth-order valence-corrected chi connectivity index (χ4v) is 8.70. The first-order valence-electron chi connectivity index (χ1n) is 15.9. The Morgan fingerprint density at radius 2 is 1.73 bits per heavy atom. The minimum atomic E-state index is -3.77. The Balaban J connectivity index is 1.19. The van der Waals surface area contributed by atoms with Gasteiger partial charge in [0.1, 0.15) is 11.6 Å². The van der Waals surface area contributed by atoms with Crippen molar-refractivity contribution in [1.29, 1.82) is 0 Å². The second kappa shape index (κ2) is 13.7. The minimum absolute atomic E-state index is 0.0563. The smallest absolute Gasteiger partial charge is 0.243 e. The van der Waals surface area contributed by atoms with E-state index in [9.17, 15) is 17.6 Å². The number of carbonyl (C=O) groups is 1. The van der Waals surface area contributed by atoms with E-state index in [2.05, 4.69) is 10.6 Å². The van der Waals surface area contributed by atoms with E-state index in [1.165, 1.54) is 18.2 Å². The summed E-state index contributed by atoms with van der Waals surface area (Å²) in [4.78, 5) is 13.8. The third-order valence-corrected chi connectivity index (χ3v) is 11.7. The first kappa shape index (κ1) is 31.8. The van der Waals surface area contributed by atoms with E-state index in [0.29, 0.717) is 44.0 Å². The average Bonchev–Trinajstić information content (AvgIpc) is 3.85. The normalized spacial score (nSPS) is 21.2. The molecule has 1 spiro atoms. The van der Waals surface area contributed by atoms with E-state index in [0.717, 1.165) is 37.8 Å². The molecule has 1 saturated carbocycles. The molecule has 2 unspecified atom stereocenters. The molecule has 3 aliphatic rings. The zero-order valence-electron chi connectivity index (χ0n) is 25.4. The lowest BCUT2D eigenvalue weighted by Crippen LogP contribution is -2.44. The monoisotopic (exact) mass is 637 g/mol. The molecule has 3 fully saturated rings. The highest BCUT2D eigenvalue weighted by molar-refractivity contribution is 7.89. The van der Waals surface area contributed by atoms with Crippen molar-refractivity contribution in [1.82, 2.24) is 9.62 Å². The standard InChI is InChI=1S/C35H41F2N3O4S/c36-27-11-9-25(10-12-27)31(26-15-19-44-20-16-26)21-34(41)39-33-8-4-7-32(37)30(33)14-13-28-22-38-23-35(17-18-35)24-40(28)45(42,43)29-5-2-1-3-6-29/h1-12,26,28,31,38H,13-24H2,(H,39,41). The van der Waals surface area contributed by atoms with E-state index >= 15 is 4.39 Å². The van der Waals surface area contributed by atoms with Gasteiger partial charge in [0, 0.05) is 56.6 Å². The van der Waals surface area contributed by atoms with Crippen LogP contribution in [0.4, 0.5) is 14.5 Å². The van der Waals surface area contributed by atoms with Gasteiger partial charge in [-0.25, -0.2) is 17.2 Å². The van der Waals surface area contributed by atoms with Crippen LogP contribution in [0.15, 0.2) is 77.7 Å². The molecule has 2 N–H and O–H groups in total. The summed E-state index contributed by atoms with van der Waals surface area (Å²) in [6.07, 6.45) is 4.37. The van der Waals surface area contributed by atoms with Crippen LogP contribution in [-0.4, -0.2) is 57.5 Å². The van der Waals surface area contributed by atoms with Crippen molar-refractivity contribution in [3.63, 3.8) is 0 Å². The van der Waals surface area contributed by atoms with Crippen molar-refractivity contribution in [2.24, 2.45) is 11.3 Å². The topological polar surface area (TPSA) is 87.7 Å². The lowest BCUT2D eigenvalue weighted by Gasteiger charge is -2.31. The maximum atomic E-state index is 15.4. The maximum Gasteiger partial charge on any atom is 0.243 e. The molecule has 0 radical (unpaired) electrons. The molecule has 240 valence electrons. The van der Waals surface area contributed by atoms with Gasteiger partial charge >= 0.3 is 0 Å². The maximum absolute atomic E-state index is 15.4. The minimum Gasteiger partial charge on any atom is -0.381 e. The van der Waals surface area contributed by atoms with Crippen molar-refractivity contribution >= 4 is 21.6 Å². The van der Waals surface area contributed by atoms with Crippen LogP contribution in [0.2, 0.25) is 0 Å². The second-order valence-electron chi connectivity index (χ2n) is 12.8. The van der Waals surface area contributed by atoms with Crippen molar-refractivity contribution in [3.8, 4) is 0 Å². The summed E-state index contributed by atoms with van der Waals surface area (Å²) in [5.41, 5.74) is 1.59. The predicted molar refractivity (Wildman–Crippen MR) is 169 cm³/mol.